The maximum absolute atomic E-state index is 11.8. The molecule has 0 spiro atoms. The molecule has 7 heteroatoms. The lowest BCUT2D eigenvalue weighted by atomic mass is 9.56. The van der Waals surface area contributed by atoms with Crippen LogP contribution in [0.5, 0.6) is 0 Å². The van der Waals surface area contributed by atoms with Gasteiger partial charge in [0.15, 0.2) is 5.96 Å². The number of methoxy groups -OCH3 is 1. The highest BCUT2D eigenvalue weighted by Crippen LogP contribution is 2.51. The molecule has 0 aromatic heterocycles. The van der Waals surface area contributed by atoms with Gasteiger partial charge in [-0.25, -0.2) is 0 Å². The molecule has 0 bridgehead atoms. The van der Waals surface area contributed by atoms with E-state index in [1.807, 2.05) is 20.8 Å². The summed E-state index contributed by atoms with van der Waals surface area (Å²) in [4.78, 5) is 16.0. The van der Waals surface area contributed by atoms with Crippen molar-refractivity contribution < 1.29 is 9.53 Å². The smallest absolute Gasteiger partial charge is 0.239 e. The number of carbonyl (C=O) groups is 1. The first-order valence-electron chi connectivity index (χ1n) is 7.78. The van der Waals surface area contributed by atoms with Crippen molar-refractivity contribution in [2.75, 3.05) is 20.7 Å². The number of nitrogens with zero attached hydrogens (tertiary/aromatic N) is 1. The van der Waals surface area contributed by atoms with Crippen LogP contribution in [0.25, 0.3) is 0 Å². The maximum Gasteiger partial charge on any atom is 0.239 e. The molecule has 23 heavy (non-hydrogen) atoms. The molecular formula is C16H33IN4O2. The topological polar surface area (TPSA) is 74.8 Å². The number of hydrogen-bond donors (Lipinski definition) is 3. The molecule has 0 aromatic rings. The van der Waals surface area contributed by atoms with E-state index >= 15 is 0 Å². The zero-order valence-corrected chi connectivity index (χ0v) is 18.0. The molecule has 1 amide bonds. The number of guanidine groups is 1. The summed E-state index contributed by atoms with van der Waals surface area (Å²) in [6.07, 6.45) is 0.908. The number of ether oxygens (including phenoxy) is 1. The summed E-state index contributed by atoms with van der Waals surface area (Å²) in [6, 6.07) is 0.259. The fourth-order valence-electron chi connectivity index (χ4n) is 2.71. The fraction of sp³-hybridized carbons (Fsp3) is 0.875. The summed E-state index contributed by atoms with van der Waals surface area (Å²) >= 11 is 0. The van der Waals surface area contributed by atoms with E-state index in [1.165, 1.54) is 0 Å². The van der Waals surface area contributed by atoms with Gasteiger partial charge in [0.25, 0.3) is 0 Å². The Labute approximate surface area is 157 Å². The quantitative estimate of drug-likeness (QED) is 0.355. The molecule has 1 saturated carbocycles. The van der Waals surface area contributed by atoms with Crippen molar-refractivity contribution >= 4 is 35.8 Å². The van der Waals surface area contributed by atoms with Crippen LogP contribution < -0.4 is 16.0 Å². The molecule has 1 rings (SSSR count). The zero-order valence-electron chi connectivity index (χ0n) is 15.7. The molecule has 136 valence electrons. The van der Waals surface area contributed by atoms with Crippen molar-refractivity contribution in [3.8, 4) is 0 Å². The third-order valence-electron chi connectivity index (χ3n) is 4.74. The molecule has 0 radical (unpaired) electrons. The van der Waals surface area contributed by atoms with Crippen LogP contribution in [0, 0.1) is 5.41 Å². The Hall–Kier alpha value is -0.570. The second-order valence-corrected chi connectivity index (χ2v) is 7.78. The van der Waals surface area contributed by atoms with E-state index in [-0.39, 0.29) is 59.0 Å². The van der Waals surface area contributed by atoms with Gasteiger partial charge < -0.3 is 20.7 Å². The first kappa shape index (κ1) is 22.4. The molecule has 0 aromatic carbocycles. The lowest BCUT2D eigenvalue weighted by molar-refractivity contribution is -0.176. The SMILES string of the molecule is CN=C(NCC(=O)NC(C)(C)C)NC1CC(C)(OC)C1(C)C.I. The first-order chi connectivity index (χ1) is 9.95. The standard InChI is InChI=1S/C16H32N4O2.HI/c1-14(2,3)20-12(21)10-18-13(17-7)19-11-9-16(6,22-8)15(11,4)5;/h11H,9-10H2,1-8H3,(H,20,21)(H2,17,18,19);1H. The molecule has 2 unspecified atom stereocenters. The molecule has 1 aliphatic carbocycles. The van der Waals surface area contributed by atoms with Crippen LogP contribution in [-0.2, 0) is 9.53 Å². The van der Waals surface area contributed by atoms with Gasteiger partial charge in [-0.05, 0) is 34.1 Å². The van der Waals surface area contributed by atoms with Crippen LogP contribution >= 0.6 is 24.0 Å². The highest BCUT2D eigenvalue weighted by Gasteiger charge is 2.58. The van der Waals surface area contributed by atoms with E-state index in [4.69, 9.17) is 4.74 Å². The van der Waals surface area contributed by atoms with Crippen molar-refractivity contribution in [3.63, 3.8) is 0 Å². The van der Waals surface area contributed by atoms with E-state index in [2.05, 4.69) is 41.7 Å². The van der Waals surface area contributed by atoms with E-state index in [0.29, 0.717) is 5.96 Å². The summed E-state index contributed by atoms with van der Waals surface area (Å²) in [5.41, 5.74) is -0.369. The van der Waals surface area contributed by atoms with Crippen LogP contribution in [0.2, 0.25) is 0 Å². The molecule has 6 nitrogen and oxygen atoms in total. The molecular weight excluding hydrogens is 407 g/mol. The number of halogens is 1. The van der Waals surface area contributed by atoms with E-state index < -0.39 is 0 Å². The minimum atomic E-state index is -0.230. The largest absolute Gasteiger partial charge is 0.378 e. The van der Waals surface area contributed by atoms with Crippen LogP contribution in [0.1, 0.15) is 48.0 Å². The highest BCUT2D eigenvalue weighted by molar-refractivity contribution is 14.0. The van der Waals surface area contributed by atoms with Crippen molar-refractivity contribution in [2.24, 2.45) is 10.4 Å². The third-order valence-corrected chi connectivity index (χ3v) is 4.74. The molecule has 0 aliphatic heterocycles. The van der Waals surface area contributed by atoms with Gasteiger partial charge in [0.05, 0.1) is 12.1 Å². The van der Waals surface area contributed by atoms with Crippen LogP contribution in [-0.4, -0.2) is 49.8 Å². The monoisotopic (exact) mass is 440 g/mol. The minimum absolute atomic E-state index is 0. The van der Waals surface area contributed by atoms with Gasteiger partial charge in [-0.1, -0.05) is 13.8 Å². The summed E-state index contributed by atoms with van der Waals surface area (Å²) in [5.74, 6) is 0.588. The van der Waals surface area contributed by atoms with Crippen molar-refractivity contribution in [2.45, 2.75) is 65.1 Å². The number of amides is 1. The van der Waals surface area contributed by atoms with Crippen LogP contribution in [0.4, 0.5) is 0 Å². The lowest BCUT2D eigenvalue weighted by Gasteiger charge is -2.59. The number of rotatable bonds is 4. The third kappa shape index (κ3) is 5.48. The van der Waals surface area contributed by atoms with Gasteiger partial charge in [-0.3, -0.25) is 9.79 Å². The van der Waals surface area contributed by atoms with Crippen molar-refractivity contribution in [3.05, 3.63) is 0 Å². The Morgan fingerprint density at radius 2 is 1.87 bits per heavy atom. The number of aliphatic imine (C=N–C) groups is 1. The molecule has 1 aliphatic rings. The van der Waals surface area contributed by atoms with Gasteiger partial charge in [0.1, 0.15) is 0 Å². The second-order valence-electron chi connectivity index (χ2n) is 7.78. The fourth-order valence-corrected chi connectivity index (χ4v) is 2.71. The number of carbonyl (C=O) groups excluding carboxylic acids is 1. The van der Waals surface area contributed by atoms with E-state index in [9.17, 15) is 4.79 Å². The average Bonchev–Trinajstić information content (AvgIpc) is 2.39. The van der Waals surface area contributed by atoms with Crippen molar-refractivity contribution in [1.29, 1.82) is 0 Å². The van der Waals surface area contributed by atoms with E-state index in [1.54, 1.807) is 14.2 Å². The minimum Gasteiger partial charge on any atom is -0.378 e. The molecule has 2 atom stereocenters. The molecule has 3 N–H and O–H groups in total. The van der Waals surface area contributed by atoms with Gasteiger partial charge in [0, 0.05) is 31.2 Å². The Balaban J connectivity index is 0.00000484. The van der Waals surface area contributed by atoms with Gasteiger partial charge in [-0.15, -0.1) is 24.0 Å². The second kappa shape index (κ2) is 8.00. The van der Waals surface area contributed by atoms with Crippen molar-refractivity contribution in [1.82, 2.24) is 16.0 Å². The van der Waals surface area contributed by atoms with Gasteiger partial charge in [0.2, 0.25) is 5.91 Å². The predicted octanol–water partition coefficient (Wildman–Crippen LogP) is 1.89. The maximum atomic E-state index is 11.8. The zero-order chi connectivity index (χ0) is 17.2. The Morgan fingerprint density at radius 3 is 2.26 bits per heavy atom. The number of hydrogen-bond acceptors (Lipinski definition) is 3. The van der Waals surface area contributed by atoms with Crippen LogP contribution in [0.3, 0.4) is 0 Å². The molecule has 0 heterocycles. The molecule has 1 fully saturated rings. The molecule has 0 saturated heterocycles. The summed E-state index contributed by atoms with van der Waals surface area (Å²) in [7, 11) is 3.46. The normalized spacial score (nSPS) is 26.6. The Kier molecular flexibility index (Phi) is 7.81. The number of nitrogens with one attached hydrogen (secondary N) is 3. The Morgan fingerprint density at radius 1 is 1.30 bits per heavy atom. The summed E-state index contributed by atoms with van der Waals surface area (Å²) < 4.78 is 5.62. The summed E-state index contributed by atoms with van der Waals surface area (Å²) in [5, 5.41) is 9.35. The van der Waals surface area contributed by atoms with Crippen LogP contribution in [0.15, 0.2) is 4.99 Å². The predicted molar refractivity (Wildman–Crippen MR) is 105 cm³/mol. The van der Waals surface area contributed by atoms with E-state index in [0.717, 1.165) is 6.42 Å². The van der Waals surface area contributed by atoms with Gasteiger partial charge >= 0.3 is 0 Å². The lowest BCUT2D eigenvalue weighted by Crippen LogP contribution is -2.69. The Bertz CT molecular complexity index is 446. The van der Waals surface area contributed by atoms with Gasteiger partial charge in [-0.2, -0.15) is 0 Å². The first-order valence-corrected chi connectivity index (χ1v) is 7.78. The average molecular weight is 440 g/mol. The highest BCUT2D eigenvalue weighted by atomic mass is 127. The summed E-state index contributed by atoms with van der Waals surface area (Å²) in [6.45, 7) is 12.6.